The summed E-state index contributed by atoms with van der Waals surface area (Å²) in [6.07, 6.45) is 2.14. The maximum Gasteiger partial charge on any atom is 0.430 e. The fourth-order valence-electron chi connectivity index (χ4n) is 2.37. The van der Waals surface area contributed by atoms with Gasteiger partial charge in [0.1, 0.15) is 9.90 Å². The maximum absolute atomic E-state index is 11.6. The first-order chi connectivity index (χ1) is 10.5. The largest absolute Gasteiger partial charge is 0.669 e. The molecule has 6 nitrogen and oxygen atoms in total. The highest BCUT2D eigenvalue weighted by Crippen LogP contribution is 2.37. The molecule has 1 aromatic carbocycles. The number of hydrogen-bond acceptors (Lipinski definition) is 7. The van der Waals surface area contributed by atoms with Crippen molar-refractivity contribution in [3.8, 4) is 5.75 Å². The second kappa shape index (κ2) is 5.92. The number of thiazole rings is 1. The average molecular weight is 338 g/mol. The zero-order chi connectivity index (χ0) is 15.7. The zero-order valence-corrected chi connectivity index (χ0v) is 13.1. The Morgan fingerprint density at radius 2 is 2.27 bits per heavy atom. The third-order valence-electron chi connectivity index (χ3n) is 3.40. The van der Waals surface area contributed by atoms with E-state index in [1.165, 1.54) is 23.1 Å². The molecule has 0 bridgehead atoms. The molecule has 0 saturated heterocycles. The Labute approximate surface area is 134 Å². The molecule has 0 amide bonds. The van der Waals surface area contributed by atoms with E-state index < -0.39 is 12.7 Å². The van der Waals surface area contributed by atoms with Crippen LogP contribution in [0.15, 0.2) is 28.0 Å². The summed E-state index contributed by atoms with van der Waals surface area (Å²) in [6.45, 7) is -2.99. The van der Waals surface area contributed by atoms with Crippen molar-refractivity contribution < 1.29 is 24.6 Å². The van der Waals surface area contributed by atoms with Crippen molar-refractivity contribution in [3.63, 3.8) is 0 Å². The fourth-order valence-corrected chi connectivity index (χ4v) is 4.00. The molecule has 0 aliphatic carbocycles. The third-order valence-corrected chi connectivity index (χ3v) is 5.41. The molecule has 9 heteroatoms. The van der Waals surface area contributed by atoms with Gasteiger partial charge in [0, 0.05) is 17.3 Å². The number of aromatic nitrogens is 1. The molecule has 0 fully saturated rings. The van der Waals surface area contributed by atoms with Gasteiger partial charge in [-0.3, -0.25) is 0 Å². The van der Waals surface area contributed by atoms with Gasteiger partial charge in [0.15, 0.2) is 0 Å². The average Bonchev–Trinajstić information content (AvgIpc) is 2.96. The van der Waals surface area contributed by atoms with Crippen molar-refractivity contribution in [1.82, 2.24) is 4.98 Å². The molecule has 22 heavy (non-hydrogen) atoms. The minimum atomic E-state index is -2.99. The summed E-state index contributed by atoms with van der Waals surface area (Å²) in [7, 11) is 0. The normalized spacial score (nSPS) is 15.9. The summed E-state index contributed by atoms with van der Waals surface area (Å²) in [5.41, 5.74) is 1.25. The Balaban J connectivity index is 1.95. The monoisotopic (exact) mass is 338 g/mol. The van der Waals surface area contributed by atoms with E-state index in [1.807, 2.05) is 5.38 Å². The highest BCUT2D eigenvalue weighted by Gasteiger charge is 2.32. The molecular formula is C13H13BNO5S2-. The van der Waals surface area contributed by atoms with Crippen molar-refractivity contribution >= 4 is 35.8 Å². The molecule has 0 saturated carbocycles. The number of carboxylic acids is 1. The van der Waals surface area contributed by atoms with Crippen molar-refractivity contribution in [2.24, 2.45) is 0 Å². The summed E-state index contributed by atoms with van der Waals surface area (Å²) in [5, 5.41) is 30.7. The first kappa shape index (κ1) is 15.4. The molecular weight excluding hydrogens is 325 g/mol. The van der Waals surface area contributed by atoms with Crippen LogP contribution in [0.2, 0.25) is 6.32 Å². The Morgan fingerprint density at radius 1 is 1.45 bits per heavy atom. The highest BCUT2D eigenvalue weighted by molar-refractivity contribution is 8.00. The Bertz CT molecular complexity index is 705. The summed E-state index contributed by atoms with van der Waals surface area (Å²) in [5.74, 6) is -0.649. The molecule has 1 aliphatic rings. The molecule has 0 atom stereocenters. The van der Waals surface area contributed by atoms with Gasteiger partial charge < -0.3 is 19.8 Å². The SMILES string of the molecule is O=C(O)c1c(CSc2nccs2)ccc2c1O[B-](O)(O)CC2. The molecule has 3 rings (SSSR count). The standard InChI is InChI=1S/C13H13BNO5S2/c16-12(17)10-9(7-22-13-15-5-6-21-13)2-1-8-3-4-14(18,19)20-11(8)10/h1-2,5-6,18-19H,3-4,7H2,(H,16,17)/q-1. The topological polar surface area (TPSA) is 99.9 Å². The predicted octanol–water partition coefficient (Wildman–Crippen LogP) is 1.99. The van der Waals surface area contributed by atoms with Crippen LogP contribution in [0.4, 0.5) is 0 Å². The van der Waals surface area contributed by atoms with Gasteiger partial charge in [-0.2, -0.15) is 0 Å². The van der Waals surface area contributed by atoms with Crippen LogP contribution in [0.25, 0.3) is 0 Å². The maximum atomic E-state index is 11.6. The number of fused-ring (bicyclic) bond motifs is 1. The van der Waals surface area contributed by atoms with Crippen LogP contribution in [-0.4, -0.2) is 32.9 Å². The molecule has 0 radical (unpaired) electrons. The van der Waals surface area contributed by atoms with Gasteiger partial charge in [-0.15, -0.1) is 11.3 Å². The lowest BCUT2D eigenvalue weighted by atomic mass is 9.70. The van der Waals surface area contributed by atoms with Gasteiger partial charge in [0.25, 0.3) is 0 Å². The number of carbonyl (C=O) groups is 1. The number of carboxylic acid groups (broad SMARTS) is 1. The van der Waals surface area contributed by atoms with E-state index >= 15 is 0 Å². The minimum Gasteiger partial charge on any atom is -0.669 e. The van der Waals surface area contributed by atoms with Gasteiger partial charge >= 0.3 is 12.7 Å². The number of aromatic carboxylic acids is 1. The number of benzene rings is 1. The molecule has 2 heterocycles. The van der Waals surface area contributed by atoms with E-state index in [4.69, 9.17) is 4.65 Å². The van der Waals surface area contributed by atoms with E-state index in [0.717, 1.165) is 4.34 Å². The number of thioether (sulfide) groups is 1. The quantitative estimate of drug-likeness (QED) is 0.579. The first-order valence-corrected chi connectivity index (χ1v) is 8.52. The molecule has 1 aliphatic heterocycles. The van der Waals surface area contributed by atoms with Crippen LogP contribution in [0.1, 0.15) is 21.5 Å². The predicted molar refractivity (Wildman–Crippen MR) is 84.4 cm³/mol. The molecule has 3 N–H and O–H groups in total. The number of nitrogens with zero attached hydrogens (tertiary/aromatic N) is 1. The van der Waals surface area contributed by atoms with E-state index in [1.54, 1.807) is 18.3 Å². The van der Waals surface area contributed by atoms with Crippen LogP contribution in [0.5, 0.6) is 5.75 Å². The van der Waals surface area contributed by atoms with Gasteiger partial charge in [-0.25, -0.2) is 9.78 Å². The molecule has 0 unspecified atom stereocenters. The van der Waals surface area contributed by atoms with Gasteiger partial charge in [-0.1, -0.05) is 30.2 Å². The van der Waals surface area contributed by atoms with Crippen LogP contribution >= 0.6 is 23.1 Å². The number of aryl methyl sites for hydroxylation is 1. The first-order valence-electron chi connectivity index (χ1n) is 6.66. The second-order valence-corrected chi connectivity index (χ2v) is 7.11. The van der Waals surface area contributed by atoms with Crippen LogP contribution < -0.4 is 4.65 Å². The van der Waals surface area contributed by atoms with Crippen LogP contribution in [0, 0.1) is 0 Å². The van der Waals surface area contributed by atoms with E-state index in [0.29, 0.717) is 23.3 Å². The lowest BCUT2D eigenvalue weighted by Gasteiger charge is -2.37. The smallest absolute Gasteiger partial charge is 0.430 e. The highest BCUT2D eigenvalue weighted by atomic mass is 32.2. The van der Waals surface area contributed by atoms with Gasteiger partial charge in [0.05, 0.1) is 5.75 Å². The molecule has 1 aromatic heterocycles. The van der Waals surface area contributed by atoms with Gasteiger partial charge in [-0.05, 0) is 17.5 Å². The van der Waals surface area contributed by atoms with Gasteiger partial charge in [0.2, 0.25) is 0 Å². The summed E-state index contributed by atoms with van der Waals surface area (Å²) < 4.78 is 6.01. The van der Waals surface area contributed by atoms with E-state index in [2.05, 4.69) is 4.98 Å². The van der Waals surface area contributed by atoms with Crippen LogP contribution in [-0.2, 0) is 12.2 Å². The molecule has 116 valence electrons. The van der Waals surface area contributed by atoms with Crippen molar-refractivity contribution in [2.75, 3.05) is 0 Å². The third kappa shape index (κ3) is 3.12. The number of hydrogen-bond donors (Lipinski definition) is 3. The lowest BCUT2D eigenvalue weighted by molar-refractivity contribution is 0.0692. The van der Waals surface area contributed by atoms with E-state index in [-0.39, 0.29) is 17.6 Å². The Kier molecular flexibility index (Phi) is 4.13. The summed E-state index contributed by atoms with van der Waals surface area (Å²) in [4.78, 5) is 15.7. The van der Waals surface area contributed by atoms with E-state index in [9.17, 15) is 19.9 Å². The Hall–Kier alpha value is -1.55. The zero-order valence-electron chi connectivity index (χ0n) is 11.4. The molecule has 0 spiro atoms. The van der Waals surface area contributed by atoms with Crippen LogP contribution in [0.3, 0.4) is 0 Å². The van der Waals surface area contributed by atoms with Crippen molar-refractivity contribution in [3.05, 3.63) is 40.4 Å². The summed E-state index contributed by atoms with van der Waals surface area (Å²) >= 11 is 2.91. The van der Waals surface area contributed by atoms with Crippen molar-refractivity contribution in [2.45, 2.75) is 22.8 Å². The number of rotatable bonds is 4. The Morgan fingerprint density at radius 3 is 2.95 bits per heavy atom. The fraction of sp³-hybridized carbons (Fsp3) is 0.231. The lowest BCUT2D eigenvalue weighted by Crippen LogP contribution is -2.45. The molecule has 2 aromatic rings. The second-order valence-electron chi connectivity index (χ2n) is 4.99. The minimum absolute atomic E-state index is 0.00407. The summed E-state index contributed by atoms with van der Waals surface area (Å²) in [6, 6.07) is 3.53. The van der Waals surface area contributed by atoms with Crippen molar-refractivity contribution in [1.29, 1.82) is 0 Å².